The molecule has 1 amide bonds. The quantitative estimate of drug-likeness (QED) is 0.785. The molecular formula is C19H24N4O3. The highest BCUT2D eigenvalue weighted by Crippen LogP contribution is 2.30. The molecule has 2 aromatic rings. The molecule has 1 fully saturated rings. The van der Waals surface area contributed by atoms with Crippen molar-refractivity contribution in [3.05, 3.63) is 46.1 Å². The molecule has 4 rings (SSSR count). The molecule has 1 aromatic heterocycles. The van der Waals surface area contributed by atoms with E-state index in [2.05, 4.69) is 5.10 Å². The van der Waals surface area contributed by atoms with Crippen molar-refractivity contribution in [3.63, 3.8) is 0 Å². The van der Waals surface area contributed by atoms with Crippen LogP contribution in [0.25, 0.3) is 0 Å². The van der Waals surface area contributed by atoms with E-state index >= 15 is 0 Å². The van der Waals surface area contributed by atoms with E-state index in [1.165, 1.54) is 12.8 Å². The maximum atomic E-state index is 12.6. The summed E-state index contributed by atoms with van der Waals surface area (Å²) in [4.78, 5) is 26.8. The van der Waals surface area contributed by atoms with E-state index in [1.807, 2.05) is 31.2 Å². The summed E-state index contributed by atoms with van der Waals surface area (Å²) in [6, 6.07) is 7.62. The first-order valence-corrected chi connectivity index (χ1v) is 9.30. The topological polar surface area (TPSA) is 69.4 Å². The molecule has 2 heterocycles. The smallest absolute Gasteiger partial charge is 0.346 e. The van der Waals surface area contributed by atoms with E-state index in [0.717, 1.165) is 11.3 Å². The van der Waals surface area contributed by atoms with Gasteiger partial charge in [-0.25, -0.2) is 9.48 Å². The van der Waals surface area contributed by atoms with E-state index < -0.39 is 0 Å². The average molecular weight is 356 g/mol. The Morgan fingerprint density at radius 1 is 1.23 bits per heavy atom. The van der Waals surface area contributed by atoms with Crippen LogP contribution in [0.3, 0.4) is 0 Å². The molecule has 1 saturated carbocycles. The van der Waals surface area contributed by atoms with Crippen molar-refractivity contribution in [3.8, 4) is 5.75 Å². The van der Waals surface area contributed by atoms with Crippen molar-refractivity contribution in [1.29, 1.82) is 0 Å². The highest BCUT2D eigenvalue weighted by atomic mass is 16.5. The summed E-state index contributed by atoms with van der Waals surface area (Å²) < 4.78 is 8.72. The summed E-state index contributed by atoms with van der Waals surface area (Å²) in [6.45, 7) is 4.76. The Labute approximate surface area is 152 Å². The number of carbonyl (C=O) groups excluding carboxylic acids is 1. The van der Waals surface area contributed by atoms with Crippen LogP contribution in [0.1, 0.15) is 31.2 Å². The Morgan fingerprint density at radius 2 is 2.00 bits per heavy atom. The molecule has 2 aliphatic rings. The van der Waals surface area contributed by atoms with Gasteiger partial charge < -0.3 is 9.64 Å². The lowest BCUT2D eigenvalue weighted by molar-refractivity contribution is -0.132. The van der Waals surface area contributed by atoms with Crippen LogP contribution in [0, 0.1) is 5.92 Å². The van der Waals surface area contributed by atoms with Crippen LogP contribution in [0.15, 0.2) is 29.1 Å². The zero-order valence-corrected chi connectivity index (χ0v) is 15.1. The number of fused-ring (bicyclic) bond motifs is 1. The van der Waals surface area contributed by atoms with Gasteiger partial charge in [0.1, 0.15) is 5.75 Å². The number of aromatic nitrogens is 3. The first-order chi connectivity index (χ1) is 12.6. The Hall–Kier alpha value is -2.57. The molecular weight excluding hydrogens is 332 g/mol. The van der Waals surface area contributed by atoms with Gasteiger partial charge in [0, 0.05) is 19.6 Å². The maximum Gasteiger partial charge on any atom is 0.346 e. The second-order valence-electron chi connectivity index (χ2n) is 7.04. The largest absolute Gasteiger partial charge is 0.494 e. The molecule has 1 aliphatic heterocycles. The van der Waals surface area contributed by atoms with E-state index in [9.17, 15) is 9.59 Å². The molecule has 1 aliphatic carbocycles. The normalized spacial score (nSPS) is 16.4. The van der Waals surface area contributed by atoms with E-state index in [-0.39, 0.29) is 11.6 Å². The lowest BCUT2D eigenvalue weighted by atomic mass is 10.1. The molecule has 0 N–H and O–H groups in total. The molecule has 1 aromatic carbocycles. The van der Waals surface area contributed by atoms with Crippen LogP contribution in [-0.4, -0.2) is 38.3 Å². The van der Waals surface area contributed by atoms with Crippen LogP contribution in [0.2, 0.25) is 0 Å². The van der Waals surface area contributed by atoms with Gasteiger partial charge in [-0.2, -0.15) is 5.10 Å². The van der Waals surface area contributed by atoms with Crippen molar-refractivity contribution >= 4 is 5.91 Å². The number of amides is 1. The zero-order valence-electron chi connectivity index (χ0n) is 15.1. The van der Waals surface area contributed by atoms with Crippen LogP contribution < -0.4 is 10.4 Å². The minimum atomic E-state index is -0.0366. The van der Waals surface area contributed by atoms with Gasteiger partial charge in [0.05, 0.1) is 19.6 Å². The molecule has 138 valence electrons. The SMILES string of the molecule is CCOc1ccc(CC(=O)N2CCn3c(nn(CC4CC4)c3=O)C2)cc1. The second kappa shape index (κ2) is 6.97. The highest BCUT2D eigenvalue weighted by Gasteiger charge is 2.28. The van der Waals surface area contributed by atoms with Crippen LogP contribution in [-0.2, 0) is 30.8 Å². The summed E-state index contributed by atoms with van der Waals surface area (Å²) in [5.74, 6) is 2.17. The van der Waals surface area contributed by atoms with Crippen LogP contribution in [0.4, 0.5) is 0 Å². The highest BCUT2D eigenvalue weighted by molar-refractivity contribution is 5.78. The third-order valence-electron chi connectivity index (χ3n) is 5.00. The molecule has 0 radical (unpaired) electrons. The number of nitrogens with zero attached hydrogens (tertiary/aromatic N) is 4. The average Bonchev–Trinajstić information content (AvgIpc) is 3.41. The minimum absolute atomic E-state index is 0.0366. The first-order valence-electron chi connectivity index (χ1n) is 9.30. The number of rotatable bonds is 6. The Morgan fingerprint density at radius 3 is 2.69 bits per heavy atom. The van der Waals surface area contributed by atoms with E-state index in [4.69, 9.17) is 4.74 Å². The minimum Gasteiger partial charge on any atom is -0.494 e. The number of hydrogen-bond acceptors (Lipinski definition) is 4. The monoisotopic (exact) mass is 356 g/mol. The third kappa shape index (κ3) is 3.52. The van der Waals surface area contributed by atoms with E-state index in [0.29, 0.717) is 50.9 Å². The molecule has 0 bridgehead atoms. The summed E-state index contributed by atoms with van der Waals surface area (Å²) >= 11 is 0. The summed E-state index contributed by atoms with van der Waals surface area (Å²) in [6.07, 6.45) is 2.71. The predicted octanol–water partition coefficient (Wildman–Crippen LogP) is 1.44. The second-order valence-corrected chi connectivity index (χ2v) is 7.04. The molecule has 7 heteroatoms. The first kappa shape index (κ1) is 16.9. The number of ether oxygens (including phenoxy) is 1. The number of benzene rings is 1. The van der Waals surface area contributed by atoms with Crippen molar-refractivity contribution in [2.75, 3.05) is 13.2 Å². The van der Waals surface area contributed by atoms with Gasteiger partial charge in [-0.1, -0.05) is 12.1 Å². The third-order valence-corrected chi connectivity index (χ3v) is 5.00. The van der Waals surface area contributed by atoms with Crippen molar-refractivity contribution in [1.82, 2.24) is 19.2 Å². The Balaban J connectivity index is 1.41. The maximum absolute atomic E-state index is 12.6. The molecule has 7 nitrogen and oxygen atoms in total. The standard InChI is InChI=1S/C19H24N4O3/c1-2-26-16-7-5-14(6-8-16)11-18(24)21-9-10-22-17(13-21)20-23(19(22)25)12-15-3-4-15/h5-8,15H,2-4,9-13H2,1H3. The fourth-order valence-corrected chi connectivity index (χ4v) is 3.33. The summed E-state index contributed by atoms with van der Waals surface area (Å²) in [7, 11) is 0. The van der Waals surface area contributed by atoms with Gasteiger partial charge in [-0.05, 0) is 43.4 Å². The Bertz CT molecular complexity index is 849. The summed E-state index contributed by atoms with van der Waals surface area (Å²) in [5, 5.41) is 4.46. The fourth-order valence-electron chi connectivity index (χ4n) is 3.33. The van der Waals surface area contributed by atoms with Crippen molar-refractivity contribution in [2.45, 2.75) is 45.8 Å². The molecule has 0 spiro atoms. The van der Waals surface area contributed by atoms with Crippen LogP contribution in [0.5, 0.6) is 5.75 Å². The zero-order chi connectivity index (χ0) is 18.1. The van der Waals surface area contributed by atoms with E-state index in [1.54, 1.807) is 14.1 Å². The summed E-state index contributed by atoms with van der Waals surface area (Å²) in [5.41, 5.74) is 0.922. The predicted molar refractivity (Wildman–Crippen MR) is 95.9 cm³/mol. The molecule has 0 unspecified atom stereocenters. The van der Waals surface area contributed by atoms with Gasteiger partial charge in [0.2, 0.25) is 5.91 Å². The van der Waals surface area contributed by atoms with Gasteiger partial charge in [0.15, 0.2) is 5.82 Å². The van der Waals surface area contributed by atoms with Crippen LogP contribution >= 0.6 is 0 Å². The lowest BCUT2D eigenvalue weighted by Gasteiger charge is -2.26. The van der Waals surface area contributed by atoms with Gasteiger partial charge in [0.25, 0.3) is 0 Å². The Kier molecular flexibility index (Phi) is 4.53. The molecule has 26 heavy (non-hydrogen) atoms. The molecule has 0 saturated heterocycles. The van der Waals surface area contributed by atoms with Crippen molar-refractivity contribution < 1.29 is 9.53 Å². The number of carbonyl (C=O) groups is 1. The number of hydrogen-bond donors (Lipinski definition) is 0. The van der Waals surface area contributed by atoms with Crippen molar-refractivity contribution in [2.24, 2.45) is 5.92 Å². The van der Waals surface area contributed by atoms with Gasteiger partial charge in [-0.15, -0.1) is 0 Å². The lowest BCUT2D eigenvalue weighted by Crippen LogP contribution is -2.41. The fraction of sp³-hybridized carbons (Fsp3) is 0.526. The van der Waals surface area contributed by atoms with Gasteiger partial charge >= 0.3 is 5.69 Å². The molecule has 0 atom stereocenters. The van der Waals surface area contributed by atoms with Gasteiger partial charge in [-0.3, -0.25) is 9.36 Å².